The van der Waals surface area contributed by atoms with Gasteiger partial charge in [-0.2, -0.15) is 0 Å². The second-order valence-corrected chi connectivity index (χ2v) is 8.16. The number of hydrogen-bond acceptors (Lipinski definition) is 4. The number of nitrogens with one attached hydrogen (secondary N) is 1. The van der Waals surface area contributed by atoms with Crippen LogP contribution in [0, 0.1) is 0 Å². The summed E-state index contributed by atoms with van der Waals surface area (Å²) in [7, 11) is 4.05. The van der Waals surface area contributed by atoms with Gasteiger partial charge in [0.2, 0.25) is 0 Å². The predicted molar refractivity (Wildman–Crippen MR) is 152 cm³/mol. The number of phenolic OH excluding ortho intramolecular Hbond substituents is 1. The molecule has 0 aromatic heterocycles. The number of para-hydroxylation sites is 2. The Morgan fingerprint density at radius 3 is 2.21 bits per heavy atom. The Kier molecular flexibility index (Phi) is 18.6. The van der Waals surface area contributed by atoms with E-state index in [0.717, 1.165) is 60.5 Å². The Balaban J connectivity index is 0.00000118. The third kappa shape index (κ3) is 12.7. The molecule has 4 heteroatoms. The van der Waals surface area contributed by atoms with Crippen molar-refractivity contribution in [2.24, 2.45) is 4.99 Å². The first kappa shape index (κ1) is 31.6. The average Bonchev–Trinajstić information content (AvgIpc) is 2.85. The molecule has 0 bridgehead atoms. The van der Waals surface area contributed by atoms with Crippen LogP contribution >= 0.6 is 0 Å². The van der Waals surface area contributed by atoms with Gasteiger partial charge >= 0.3 is 0 Å². The Labute approximate surface area is 209 Å². The summed E-state index contributed by atoms with van der Waals surface area (Å²) in [6, 6.07) is 15.7. The topological polar surface area (TPSA) is 47.9 Å². The van der Waals surface area contributed by atoms with Gasteiger partial charge in [0.05, 0.1) is 5.69 Å². The van der Waals surface area contributed by atoms with Gasteiger partial charge in [0.25, 0.3) is 0 Å². The SMILES string of the molecule is C=C(CC)c1ccccc1N=C(CCC)CN(C)Cc1ccccc1O.CC.CCCCNC. The highest BCUT2D eigenvalue weighted by Gasteiger charge is 2.10. The van der Waals surface area contributed by atoms with E-state index in [4.69, 9.17) is 4.99 Å². The summed E-state index contributed by atoms with van der Waals surface area (Å²) in [4.78, 5) is 7.17. The Morgan fingerprint density at radius 2 is 1.65 bits per heavy atom. The second-order valence-electron chi connectivity index (χ2n) is 8.16. The fraction of sp³-hybridized carbons (Fsp3) is 0.500. The molecule has 0 amide bonds. The summed E-state index contributed by atoms with van der Waals surface area (Å²) >= 11 is 0. The van der Waals surface area contributed by atoms with E-state index in [-0.39, 0.29) is 0 Å². The molecule has 0 aliphatic rings. The average molecular weight is 468 g/mol. The molecular weight excluding hydrogens is 418 g/mol. The molecule has 0 aliphatic carbocycles. The van der Waals surface area contributed by atoms with Crippen LogP contribution in [-0.4, -0.2) is 42.9 Å². The van der Waals surface area contributed by atoms with Crippen LogP contribution in [0.5, 0.6) is 5.75 Å². The second kappa shape index (κ2) is 20.0. The van der Waals surface area contributed by atoms with Crippen molar-refractivity contribution in [3.63, 3.8) is 0 Å². The lowest BCUT2D eigenvalue weighted by Gasteiger charge is -2.19. The van der Waals surface area contributed by atoms with Crippen molar-refractivity contribution in [1.82, 2.24) is 10.2 Å². The molecule has 0 spiro atoms. The van der Waals surface area contributed by atoms with Gasteiger partial charge < -0.3 is 10.4 Å². The maximum Gasteiger partial charge on any atom is 0.120 e. The van der Waals surface area contributed by atoms with Gasteiger partial charge in [-0.1, -0.05) is 90.4 Å². The molecule has 0 saturated heterocycles. The van der Waals surface area contributed by atoms with Crippen LogP contribution in [0.1, 0.15) is 77.8 Å². The van der Waals surface area contributed by atoms with E-state index in [1.165, 1.54) is 12.8 Å². The Bertz CT molecular complexity index is 825. The maximum atomic E-state index is 9.99. The standard InChI is InChI=1S/C23H30N2O.C5H13N.C2H6/c1-5-11-20(17-25(4)16-19-12-7-10-15-23(19)26)24-22-14-9-8-13-21(22)18(3)6-2;1-3-4-5-6-2;1-2/h7-10,12-15,26H,3,5-6,11,16-17H2,1-2,4H3;6H,3-5H2,1-2H3;1-2H3. The zero-order valence-corrected chi connectivity index (χ0v) is 22.8. The smallest absolute Gasteiger partial charge is 0.120 e. The fourth-order valence-electron chi connectivity index (χ4n) is 3.35. The van der Waals surface area contributed by atoms with Gasteiger partial charge in [-0.25, -0.2) is 0 Å². The molecule has 0 saturated carbocycles. The van der Waals surface area contributed by atoms with E-state index in [2.05, 4.69) is 56.7 Å². The lowest BCUT2D eigenvalue weighted by atomic mass is 10.0. The molecule has 0 atom stereocenters. The highest BCUT2D eigenvalue weighted by molar-refractivity contribution is 5.90. The first-order valence-electron chi connectivity index (χ1n) is 12.9. The number of phenols is 1. The number of rotatable bonds is 12. The van der Waals surface area contributed by atoms with Crippen molar-refractivity contribution in [1.29, 1.82) is 0 Å². The predicted octanol–water partition coefficient (Wildman–Crippen LogP) is 7.85. The molecule has 190 valence electrons. The van der Waals surface area contributed by atoms with Crippen LogP contribution in [0.25, 0.3) is 5.57 Å². The van der Waals surface area contributed by atoms with Crippen molar-refractivity contribution in [3.05, 3.63) is 66.2 Å². The first-order chi connectivity index (χ1) is 16.5. The van der Waals surface area contributed by atoms with Gasteiger partial charge in [-0.3, -0.25) is 9.89 Å². The van der Waals surface area contributed by atoms with Crippen LogP contribution in [0.15, 0.2) is 60.1 Å². The van der Waals surface area contributed by atoms with Crippen LogP contribution in [0.3, 0.4) is 0 Å². The third-order valence-electron chi connectivity index (χ3n) is 5.19. The minimum atomic E-state index is 0.345. The minimum Gasteiger partial charge on any atom is -0.508 e. The molecule has 0 fully saturated rings. The number of allylic oxidation sites excluding steroid dienone is 1. The number of aliphatic imine (C=N–C) groups is 1. The van der Waals surface area contributed by atoms with E-state index in [1.54, 1.807) is 6.07 Å². The number of hydrogen-bond donors (Lipinski definition) is 2. The van der Waals surface area contributed by atoms with Crippen LogP contribution < -0.4 is 5.32 Å². The third-order valence-corrected chi connectivity index (χ3v) is 5.19. The van der Waals surface area contributed by atoms with Gasteiger partial charge in [0.15, 0.2) is 0 Å². The monoisotopic (exact) mass is 467 g/mol. The molecule has 2 N–H and O–H groups in total. The maximum absolute atomic E-state index is 9.99. The molecule has 2 rings (SSSR count). The van der Waals surface area contributed by atoms with Crippen LogP contribution in [0.2, 0.25) is 0 Å². The van der Waals surface area contributed by atoms with Gasteiger partial charge in [-0.05, 0) is 57.6 Å². The number of aromatic hydroxyl groups is 1. The molecular formula is C30H49N3O. The van der Waals surface area contributed by atoms with E-state index >= 15 is 0 Å². The Hall–Kier alpha value is -2.43. The zero-order chi connectivity index (χ0) is 25.8. The molecule has 4 nitrogen and oxygen atoms in total. The minimum absolute atomic E-state index is 0.345. The largest absolute Gasteiger partial charge is 0.508 e. The summed E-state index contributed by atoms with van der Waals surface area (Å²) in [5, 5.41) is 13.1. The summed E-state index contributed by atoms with van der Waals surface area (Å²) in [6.07, 6.45) is 5.53. The highest BCUT2D eigenvalue weighted by atomic mass is 16.3. The van der Waals surface area contributed by atoms with Gasteiger partial charge in [-0.15, -0.1) is 0 Å². The van der Waals surface area contributed by atoms with Crippen molar-refractivity contribution in [2.45, 2.75) is 73.3 Å². The first-order valence-corrected chi connectivity index (χ1v) is 12.9. The number of benzene rings is 2. The van der Waals surface area contributed by atoms with Crippen molar-refractivity contribution >= 4 is 17.0 Å². The molecule has 34 heavy (non-hydrogen) atoms. The van der Waals surface area contributed by atoms with Crippen molar-refractivity contribution in [3.8, 4) is 5.75 Å². The zero-order valence-electron chi connectivity index (χ0n) is 22.8. The molecule has 0 aliphatic heterocycles. The van der Waals surface area contributed by atoms with E-state index in [9.17, 15) is 5.11 Å². The summed E-state index contributed by atoms with van der Waals surface area (Å²) in [5.74, 6) is 0.345. The molecule has 2 aromatic carbocycles. The van der Waals surface area contributed by atoms with Crippen LogP contribution in [-0.2, 0) is 6.54 Å². The van der Waals surface area contributed by atoms with Gasteiger partial charge in [0.1, 0.15) is 5.75 Å². The molecule has 0 heterocycles. The lowest BCUT2D eigenvalue weighted by Crippen LogP contribution is -2.25. The van der Waals surface area contributed by atoms with Crippen molar-refractivity contribution < 1.29 is 5.11 Å². The van der Waals surface area contributed by atoms with Gasteiger partial charge in [0, 0.05) is 29.9 Å². The Morgan fingerprint density at radius 1 is 1.00 bits per heavy atom. The fourth-order valence-corrected chi connectivity index (χ4v) is 3.35. The lowest BCUT2D eigenvalue weighted by molar-refractivity contribution is 0.360. The van der Waals surface area contributed by atoms with E-state index in [0.29, 0.717) is 12.3 Å². The van der Waals surface area contributed by atoms with Crippen LogP contribution in [0.4, 0.5) is 5.69 Å². The van der Waals surface area contributed by atoms with E-state index in [1.807, 2.05) is 51.2 Å². The summed E-state index contributed by atoms with van der Waals surface area (Å²) < 4.78 is 0. The summed E-state index contributed by atoms with van der Waals surface area (Å²) in [6.45, 7) is 17.3. The normalized spacial score (nSPS) is 10.8. The van der Waals surface area contributed by atoms with Crippen molar-refractivity contribution in [2.75, 3.05) is 27.2 Å². The number of nitrogens with zero attached hydrogens (tertiary/aromatic N) is 2. The number of unbranched alkanes of at least 4 members (excludes halogenated alkanes) is 1. The highest BCUT2D eigenvalue weighted by Crippen LogP contribution is 2.27. The van der Waals surface area contributed by atoms with E-state index < -0.39 is 0 Å². The summed E-state index contributed by atoms with van der Waals surface area (Å²) in [5.41, 5.74) is 5.33. The molecule has 0 unspecified atom stereocenters. The molecule has 2 aromatic rings. The quantitative estimate of drug-likeness (QED) is 0.247. The molecule has 0 radical (unpaired) electrons.